The van der Waals surface area contributed by atoms with Crippen molar-refractivity contribution in [3.05, 3.63) is 52.1 Å². The summed E-state index contributed by atoms with van der Waals surface area (Å²) in [7, 11) is -2.71. The molecule has 11 nitrogen and oxygen atoms in total. The zero-order chi connectivity index (χ0) is 25.0. The number of rotatable bonds is 9. The normalized spacial score (nSPS) is 14.6. The number of nitrogens with one attached hydrogen (secondary N) is 1. The third-order valence-electron chi connectivity index (χ3n) is 5.37. The van der Waals surface area contributed by atoms with Crippen molar-refractivity contribution in [3.8, 4) is 17.2 Å². The Kier molecular flexibility index (Phi) is 7.50. The molecule has 2 aromatic rings. The Balaban J connectivity index is 1.93. The summed E-state index contributed by atoms with van der Waals surface area (Å²) >= 11 is 0. The van der Waals surface area contributed by atoms with Crippen molar-refractivity contribution in [1.82, 2.24) is 5.32 Å². The highest BCUT2D eigenvalue weighted by atomic mass is 32.2. The number of carbonyl (C=O) groups is 1. The van der Waals surface area contributed by atoms with Crippen LogP contribution in [0.1, 0.15) is 31.9 Å². The first-order valence-electron chi connectivity index (χ1n) is 10.6. The lowest BCUT2D eigenvalue weighted by molar-refractivity contribution is -0.384. The van der Waals surface area contributed by atoms with E-state index >= 15 is 0 Å². The molecule has 1 N–H and O–H groups in total. The molecule has 0 spiro atoms. The number of ether oxygens (including phenoxy) is 3. The molecule has 0 bridgehead atoms. The highest BCUT2D eigenvalue weighted by Crippen LogP contribution is 2.36. The predicted octanol–water partition coefficient (Wildman–Crippen LogP) is 2.80. The zero-order valence-electron chi connectivity index (χ0n) is 19.3. The Bertz CT molecular complexity index is 1180. The van der Waals surface area contributed by atoms with Crippen LogP contribution in [0.4, 0.5) is 11.4 Å². The van der Waals surface area contributed by atoms with E-state index in [2.05, 4.69) is 5.32 Å². The van der Waals surface area contributed by atoms with Gasteiger partial charge in [0.05, 0.1) is 24.3 Å². The molecule has 0 saturated heterocycles. The number of anilines is 1. The molecule has 0 fully saturated rings. The molecule has 0 aromatic heterocycles. The largest absolute Gasteiger partial charge is 0.495 e. The molecule has 1 aliphatic heterocycles. The van der Waals surface area contributed by atoms with E-state index < -0.39 is 32.9 Å². The van der Waals surface area contributed by atoms with Crippen LogP contribution in [-0.2, 0) is 14.8 Å². The molecule has 0 unspecified atom stereocenters. The summed E-state index contributed by atoms with van der Waals surface area (Å²) in [5, 5.41) is 14.1. The van der Waals surface area contributed by atoms with Gasteiger partial charge in [0.1, 0.15) is 30.7 Å². The molecule has 2 aromatic carbocycles. The first-order valence-corrected chi connectivity index (χ1v) is 12.4. The second kappa shape index (κ2) is 10.2. The van der Waals surface area contributed by atoms with Crippen LogP contribution in [0.3, 0.4) is 0 Å². The number of nitrogens with zero attached hydrogens (tertiary/aromatic N) is 2. The third kappa shape index (κ3) is 5.33. The smallest absolute Gasteiger partial charge is 0.271 e. The number of benzene rings is 2. The standard InChI is InChI=1S/C22H27N3O8S/c1-5-17(22(26)23-14(2)15-6-8-20-21(12-15)33-11-10-32-20)24(34(4,29)30)18-13-16(25(27)28)7-9-19(18)31-3/h6-9,12-14,17H,5,10-11H2,1-4H3,(H,23,26)/t14-,17+/m0/s1. The first-order chi connectivity index (χ1) is 16.1. The van der Waals surface area contributed by atoms with Gasteiger partial charge in [0.25, 0.3) is 5.69 Å². The van der Waals surface area contributed by atoms with E-state index in [1.54, 1.807) is 32.0 Å². The second-order valence-corrected chi connectivity index (χ2v) is 9.59. The van der Waals surface area contributed by atoms with Crippen LogP contribution >= 0.6 is 0 Å². The van der Waals surface area contributed by atoms with Crippen LogP contribution in [0.15, 0.2) is 36.4 Å². The van der Waals surface area contributed by atoms with Crippen molar-refractivity contribution in [1.29, 1.82) is 0 Å². The van der Waals surface area contributed by atoms with E-state index in [0.29, 0.717) is 24.7 Å². The number of methoxy groups -OCH3 is 1. The summed E-state index contributed by atoms with van der Waals surface area (Å²) < 4.78 is 42.8. The average molecular weight is 494 g/mol. The van der Waals surface area contributed by atoms with Gasteiger partial charge in [0.2, 0.25) is 15.9 Å². The lowest BCUT2D eigenvalue weighted by atomic mass is 10.1. The Morgan fingerprint density at radius 3 is 2.47 bits per heavy atom. The van der Waals surface area contributed by atoms with Crippen molar-refractivity contribution in [2.45, 2.75) is 32.4 Å². The number of nitro groups is 1. The zero-order valence-corrected chi connectivity index (χ0v) is 20.1. The van der Waals surface area contributed by atoms with Crippen LogP contribution in [0.5, 0.6) is 17.2 Å². The number of non-ortho nitro benzene ring substituents is 1. The average Bonchev–Trinajstić information content (AvgIpc) is 2.80. The number of carbonyl (C=O) groups excluding carboxylic acids is 1. The Hall–Kier alpha value is -3.54. The summed E-state index contributed by atoms with van der Waals surface area (Å²) in [4.78, 5) is 23.9. The van der Waals surface area contributed by atoms with E-state index in [-0.39, 0.29) is 23.5 Å². The molecule has 12 heteroatoms. The first kappa shape index (κ1) is 25.1. The van der Waals surface area contributed by atoms with E-state index in [1.165, 1.54) is 19.2 Å². The van der Waals surface area contributed by atoms with Gasteiger partial charge in [0, 0.05) is 12.1 Å². The maximum atomic E-state index is 13.3. The van der Waals surface area contributed by atoms with Crippen LogP contribution in [0.2, 0.25) is 0 Å². The van der Waals surface area contributed by atoms with Gasteiger partial charge in [-0.1, -0.05) is 13.0 Å². The fourth-order valence-electron chi connectivity index (χ4n) is 3.72. The minimum Gasteiger partial charge on any atom is -0.495 e. The monoisotopic (exact) mass is 493 g/mol. The fraction of sp³-hybridized carbons (Fsp3) is 0.409. The van der Waals surface area contributed by atoms with Gasteiger partial charge in [-0.05, 0) is 37.1 Å². The molecule has 184 valence electrons. The third-order valence-corrected chi connectivity index (χ3v) is 6.53. The topological polar surface area (TPSA) is 137 Å². The van der Waals surface area contributed by atoms with E-state index in [9.17, 15) is 23.3 Å². The SMILES string of the molecule is CC[C@H](C(=O)N[C@@H](C)c1ccc2c(c1)OCCO2)N(c1cc([N+](=O)[O-])ccc1OC)S(C)(=O)=O. The maximum absolute atomic E-state index is 13.3. The highest BCUT2D eigenvalue weighted by Gasteiger charge is 2.35. The predicted molar refractivity (Wildman–Crippen MR) is 125 cm³/mol. The lowest BCUT2D eigenvalue weighted by Gasteiger charge is -2.32. The molecule has 3 rings (SSSR count). The molecule has 34 heavy (non-hydrogen) atoms. The summed E-state index contributed by atoms with van der Waals surface area (Å²) in [6.45, 7) is 4.29. The van der Waals surface area contributed by atoms with Crippen LogP contribution in [-0.4, -0.2) is 51.9 Å². The molecule has 1 aliphatic rings. The van der Waals surface area contributed by atoms with Crippen molar-refractivity contribution in [2.24, 2.45) is 0 Å². The number of hydrogen-bond donors (Lipinski definition) is 1. The summed E-state index contributed by atoms with van der Waals surface area (Å²) in [5.74, 6) is 0.697. The fourth-order valence-corrected chi connectivity index (χ4v) is 4.93. The van der Waals surface area contributed by atoms with Gasteiger partial charge in [0.15, 0.2) is 11.5 Å². The van der Waals surface area contributed by atoms with Gasteiger partial charge in [-0.2, -0.15) is 0 Å². The number of fused-ring (bicyclic) bond motifs is 1. The van der Waals surface area contributed by atoms with Crippen molar-refractivity contribution in [3.63, 3.8) is 0 Å². The summed E-state index contributed by atoms with van der Waals surface area (Å²) in [5.41, 5.74) is 0.323. The Morgan fingerprint density at radius 1 is 1.21 bits per heavy atom. The molecule has 1 amide bonds. The van der Waals surface area contributed by atoms with Gasteiger partial charge >= 0.3 is 0 Å². The summed E-state index contributed by atoms with van der Waals surface area (Å²) in [6, 6.07) is 7.23. The number of amides is 1. The van der Waals surface area contributed by atoms with Gasteiger partial charge in [-0.25, -0.2) is 8.42 Å². The molecular weight excluding hydrogens is 466 g/mol. The molecule has 1 heterocycles. The Labute approximate surface area is 197 Å². The lowest BCUT2D eigenvalue weighted by Crippen LogP contribution is -2.49. The second-order valence-electron chi connectivity index (χ2n) is 7.73. The number of nitro benzene ring substituents is 1. The summed E-state index contributed by atoms with van der Waals surface area (Å²) in [6.07, 6.45) is 1.05. The van der Waals surface area contributed by atoms with Crippen LogP contribution < -0.4 is 23.8 Å². The Morgan fingerprint density at radius 2 is 1.88 bits per heavy atom. The van der Waals surface area contributed by atoms with E-state index in [4.69, 9.17) is 14.2 Å². The maximum Gasteiger partial charge on any atom is 0.271 e. The van der Waals surface area contributed by atoms with Crippen LogP contribution in [0.25, 0.3) is 0 Å². The van der Waals surface area contributed by atoms with E-state index in [1.807, 2.05) is 0 Å². The minimum absolute atomic E-state index is 0.0853. The molecule has 0 radical (unpaired) electrons. The van der Waals surface area contributed by atoms with Gasteiger partial charge < -0.3 is 19.5 Å². The number of hydrogen-bond acceptors (Lipinski definition) is 8. The minimum atomic E-state index is -4.03. The van der Waals surface area contributed by atoms with Crippen LogP contribution in [0, 0.1) is 10.1 Å². The quantitative estimate of drug-likeness (QED) is 0.416. The number of sulfonamides is 1. The molecule has 0 saturated carbocycles. The van der Waals surface area contributed by atoms with E-state index in [0.717, 1.165) is 22.2 Å². The molecular formula is C22H27N3O8S. The van der Waals surface area contributed by atoms with Crippen molar-refractivity contribution < 1.29 is 32.3 Å². The van der Waals surface area contributed by atoms with Gasteiger partial charge in [-0.3, -0.25) is 19.2 Å². The highest BCUT2D eigenvalue weighted by molar-refractivity contribution is 7.92. The van der Waals surface area contributed by atoms with Crippen molar-refractivity contribution >= 4 is 27.3 Å². The molecule has 2 atom stereocenters. The van der Waals surface area contributed by atoms with Crippen molar-refractivity contribution in [2.75, 3.05) is 30.9 Å². The molecule has 0 aliphatic carbocycles. The van der Waals surface area contributed by atoms with Gasteiger partial charge in [-0.15, -0.1) is 0 Å².